The zero-order chi connectivity index (χ0) is 21.7. The number of nitro benzene ring substituents is 1. The number of nitrogens with zero attached hydrogens (tertiary/aromatic N) is 3. The zero-order valence-electron chi connectivity index (χ0n) is 15.8. The molecule has 30 heavy (non-hydrogen) atoms. The quantitative estimate of drug-likeness (QED) is 0.165. The van der Waals surface area contributed by atoms with Crippen LogP contribution < -0.4 is 0 Å². The number of aromatic nitrogens is 1. The van der Waals surface area contributed by atoms with Crippen LogP contribution >= 0.6 is 0 Å². The lowest BCUT2D eigenvalue weighted by Gasteiger charge is -2.24. The lowest BCUT2D eigenvalue weighted by atomic mass is 9.98. The summed E-state index contributed by atoms with van der Waals surface area (Å²) in [6.07, 6.45) is 1.50. The summed E-state index contributed by atoms with van der Waals surface area (Å²) in [5, 5.41) is 30.5. The molecule has 0 spiro atoms. The van der Waals surface area contributed by atoms with Gasteiger partial charge in [-0.1, -0.05) is 6.07 Å². The Hall–Kier alpha value is -3.63. The second kappa shape index (κ2) is 9.25. The molecule has 1 aliphatic heterocycles. The highest BCUT2D eigenvalue weighted by Gasteiger charge is 2.46. The Morgan fingerprint density at radius 3 is 2.50 bits per heavy atom. The van der Waals surface area contributed by atoms with Crippen LogP contribution in [0.25, 0.3) is 5.76 Å². The average Bonchev–Trinajstić information content (AvgIpc) is 3.01. The maximum atomic E-state index is 12.8. The summed E-state index contributed by atoms with van der Waals surface area (Å²) >= 11 is 0. The van der Waals surface area contributed by atoms with E-state index in [4.69, 9.17) is 9.84 Å². The van der Waals surface area contributed by atoms with Gasteiger partial charge in [0.05, 0.1) is 36.0 Å². The number of rotatable bonds is 8. The largest absolute Gasteiger partial charge is 0.507 e. The van der Waals surface area contributed by atoms with Crippen LogP contribution in [-0.4, -0.2) is 63.1 Å². The highest BCUT2D eigenvalue weighted by molar-refractivity contribution is 6.46. The monoisotopic (exact) mass is 413 g/mol. The molecule has 2 heterocycles. The normalized spacial score (nSPS) is 18.0. The van der Waals surface area contributed by atoms with Gasteiger partial charge in [0.2, 0.25) is 0 Å². The molecule has 1 fully saturated rings. The SMILES string of the molecule is O=C1C(=O)N(CCOCCO)[C@H](c2ccccn2)/C1=C(\O)c1ccc([N+](=O)[O-])cc1. The maximum absolute atomic E-state index is 12.8. The number of aliphatic hydroxyl groups is 2. The van der Waals surface area contributed by atoms with Gasteiger partial charge in [-0.15, -0.1) is 0 Å². The summed E-state index contributed by atoms with van der Waals surface area (Å²) in [7, 11) is 0. The smallest absolute Gasteiger partial charge is 0.295 e. The molecule has 1 aliphatic rings. The highest BCUT2D eigenvalue weighted by atomic mass is 16.6. The molecule has 1 saturated heterocycles. The Kier molecular flexibility index (Phi) is 6.50. The molecule has 0 aliphatic carbocycles. The number of benzene rings is 1. The topological polar surface area (TPSA) is 143 Å². The van der Waals surface area contributed by atoms with Crippen LogP contribution in [0.4, 0.5) is 5.69 Å². The van der Waals surface area contributed by atoms with Gasteiger partial charge >= 0.3 is 0 Å². The van der Waals surface area contributed by atoms with Crippen molar-refractivity contribution in [1.82, 2.24) is 9.88 Å². The summed E-state index contributed by atoms with van der Waals surface area (Å²) in [5.41, 5.74) is 0.211. The Bertz CT molecular complexity index is 974. The van der Waals surface area contributed by atoms with Crippen LogP contribution in [0.2, 0.25) is 0 Å². The molecule has 1 amide bonds. The summed E-state index contributed by atoms with van der Waals surface area (Å²) < 4.78 is 5.21. The van der Waals surface area contributed by atoms with Crippen molar-refractivity contribution in [2.75, 3.05) is 26.4 Å². The molecule has 10 heteroatoms. The number of hydrogen-bond donors (Lipinski definition) is 2. The first-order valence-electron chi connectivity index (χ1n) is 9.08. The first-order valence-corrected chi connectivity index (χ1v) is 9.08. The summed E-state index contributed by atoms with van der Waals surface area (Å²) in [5.74, 6) is -2.15. The van der Waals surface area contributed by atoms with Crippen molar-refractivity contribution in [2.45, 2.75) is 6.04 Å². The predicted octanol–water partition coefficient (Wildman–Crippen LogP) is 1.42. The number of Topliss-reactive ketones (excluding diaryl/α,β-unsaturated/α-hetero) is 1. The highest BCUT2D eigenvalue weighted by Crippen LogP contribution is 2.38. The molecule has 2 aromatic rings. The third kappa shape index (κ3) is 4.19. The number of amides is 1. The van der Waals surface area contributed by atoms with Crippen LogP contribution in [0.5, 0.6) is 0 Å². The number of nitro groups is 1. The lowest BCUT2D eigenvalue weighted by Crippen LogP contribution is -2.33. The van der Waals surface area contributed by atoms with Gasteiger partial charge in [0.15, 0.2) is 0 Å². The Balaban J connectivity index is 2.03. The number of hydrogen-bond acceptors (Lipinski definition) is 8. The first-order chi connectivity index (χ1) is 14.5. The van der Waals surface area contributed by atoms with Crippen molar-refractivity contribution in [2.24, 2.45) is 0 Å². The molecule has 0 radical (unpaired) electrons. The van der Waals surface area contributed by atoms with Crippen LogP contribution in [0.15, 0.2) is 54.2 Å². The van der Waals surface area contributed by atoms with Gasteiger partial charge in [0.1, 0.15) is 11.8 Å². The summed E-state index contributed by atoms with van der Waals surface area (Å²) in [6.45, 7) is 0.0287. The van der Waals surface area contributed by atoms with Gasteiger partial charge in [-0.05, 0) is 24.3 Å². The second-order valence-corrected chi connectivity index (χ2v) is 6.39. The van der Waals surface area contributed by atoms with Gasteiger partial charge in [-0.2, -0.15) is 0 Å². The maximum Gasteiger partial charge on any atom is 0.295 e. The molecule has 1 aromatic carbocycles. The fourth-order valence-corrected chi connectivity index (χ4v) is 3.18. The van der Waals surface area contributed by atoms with E-state index in [1.807, 2.05) is 0 Å². The minimum atomic E-state index is -0.945. The van der Waals surface area contributed by atoms with E-state index in [1.165, 1.54) is 35.4 Å². The van der Waals surface area contributed by atoms with Crippen molar-refractivity contribution >= 4 is 23.1 Å². The number of ether oxygens (including phenoxy) is 1. The molecule has 3 rings (SSSR count). The minimum Gasteiger partial charge on any atom is -0.507 e. The number of likely N-dealkylation sites (tertiary alicyclic amines) is 1. The fraction of sp³-hybridized carbons (Fsp3) is 0.250. The van der Waals surface area contributed by atoms with E-state index in [9.17, 15) is 24.8 Å². The molecule has 0 unspecified atom stereocenters. The number of carbonyl (C=O) groups is 2. The van der Waals surface area contributed by atoms with Crippen LogP contribution in [0, 0.1) is 10.1 Å². The van der Waals surface area contributed by atoms with Crippen molar-refractivity contribution in [1.29, 1.82) is 0 Å². The Labute approximate surface area is 171 Å². The van der Waals surface area contributed by atoms with Gasteiger partial charge in [0.25, 0.3) is 17.4 Å². The number of non-ortho nitro benzene ring substituents is 1. The number of pyridine rings is 1. The molecule has 0 saturated carbocycles. The Morgan fingerprint density at radius 1 is 1.17 bits per heavy atom. The molecule has 1 atom stereocenters. The van der Waals surface area contributed by atoms with Crippen molar-refractivity contribution < 1.29 is 29.5 Å². The standard InChI is InChI=1S/C20H19N3O7/c24-10-12-30-11-9-22-17(15-3-1-2-8-21-15)16(19(26)20(22)27)18(25)13-4-6-14(7-5-13)23(28)29/h1-8,17,24-25H,9-12H2/b18-16+/t17-/m1/s1. The molecule has 0 bridgehead atoms. The zero-order valence-corrected chi connectivity index (χ0v) is 15.8. The van der Waals surface area contributed by atoms with Crippen LogP contribution in [0.1, 0.15) is 17.3 Å². The van der Waals surface area contributed by atoms with E-state index < -0.39 is 28.4 Å². The minimum absolute atomic E-state index is 0.0445. The van der Waals surface area contributed by atoms with Crippen LogP contribution in [0.3, 0.4) is 0 Å². The second-order valence-electron chi connectivity index (χ2n) is 6.39. The van der Waals surface area contributed by atoms with Crippen molar-refractivity contribution in [3.63, 3.8) is 0 Å². The van der Waals surface area contributed by atoms with Crippen molar-refractivity contribution in [3.05, 3.63) is 75.6 Å². The van der Waals surface area contributed by atoms with Crippen molar-refractivity contribution in [3.8, 4) is 0 Å². The molecule has 156 valence electrons. The molecule has 10 nitrogen and oxygen atoms in total. The molecule has 1 aromatic heterocycles. The fourth-order valence-electron chi connectivity index (χ4n) is 3.18. The third-order valence-electron chi connectivity index (χ3n) is 4.57. The van der Waals surface area contributed by atoms with Crippen LogP contribution in [-0.2, 0) is 14.3 Å². The van der Waals surface area contributed by atoms with E-state index in [0.29, 0.717) is 5.69 Å². The van der Waals surface area contributed by atoms with E-state index in [0.717, 1.165) is 0 Å². The van der Waals surface area contributed by atoms with E-state index >= 15 is 0 Å². The van der Waals surface area contributed by atoms with E-state index in [1.54, 1.807) is 18.2 Å². The van der Waals surface area contributed by atoms with Gasteiger partial charge < -0.3 is 19.8 Å². The van der Waals surface area contributed by atoms with E-state index in [2.05, 4.69) is 4.98 Å². The number of carbonyl (C=O) groups excluding carboxylic acids is 2. The third-order valence-corrected chi connectivity index (χ3v) is 4.57. The lowest BCUT2D eigenvalue weighted by molar-refractivity contribution is -0.384. The van der Waals surface area contributed by atoms with Gasteiger partial charge in [0, 0.05) is 30.4 Å². The predicted molar refractivity (Wildman–Crippen MR) is 104 cm³/mol. The first kappa shape index (κ1) is 21.1. The summed E-state index contributed by atoms with van der Waals surface area (Å²) in [4.78, 5) is 41.1. The summed E-state index contributed by atoms with van der Waals surface area (Å²) in [6, 6.07) is 9.06. The van der Waals surface area contributed by atoms with Gasteiger partial charge in [-0.25, -0.2) is 0 Å². The molecule has 2 N–H and O–H groups in total. The van der Waals surface area contributed by atoms with Gasteiger partial charge in [-0.3, -0.25) is 24.7 Å². The number of aliphatic hydroxyl groups excluding tert-OH is 2. The number of ketones is 1. The Morgan fingerprint density at radius 2 is 1.90 bits per heavy atom. The molecular formula is C20H19N3O7. The molecular weight excluding hydrogens is 394 g/mol. The average molecular weight is 413 g/mol. The van der Waals surface area contributed by atoms with E-state index in [-0.39, 0.29) is 43.2 Å².